The molecule has 1 fully saturated rings. The van der Waals surface area contributed by atoms with Crippen LogP contribution in [0.2, 0.25) is 0 Å². The van der Waals surface area contributed by atoms with Crippen molar-refractivity contribution < 1.29 is 9.53 Å². The van der Waals surface area contributed by atoms with Crippen LogP contribution >= 0.6 is 0 Å². The Labute approximate surface area is 78.8 Å². The van der Waals surface area contributed by atoms with Crippen LogP contribution in [0.5, 0.6) is 0 Å². The zero-order valence-corrected chi connectivity index (χ0v) is 8.08. The Hall–Kier alpha value is -0.770. The number of nitrogens with two attached hydrogens (primary N) is 1. The lowest BCUT2D eigenvalue weighted by Gasteiger charge is -2.28. The Morgan fingerprint density at radius 3 is 3.00 bits per heavy atom. The van der Waals surface area contributed by atoms with Gasteiger partial charge in [0, 0.05) is 6.04 Å². The van der Waals surface area contributed by atoms with Gasteiger partial charge in [-0.25, -0.2) is 4.79 Å². The summed E-state index contributed by atoms with van der Waals surface area (Å²) in [5, 5.41) is 2.82. The van der Waals surface area contributed by atoms with Crippen molar-refractivity contribution in [2.45, 2.75) is 31.7 Å². The molecule has 0 saturated heterocycles. The van der Waals surface area contributed by atoms with Crippen LogP contribution in [0.15, 0.2) is 0 Å². The summed E-state index contributed by atoms with van der Waals surface area (Å²) in [4.78, 5) is 10.9. The Morgan fingerprint density at radius 1 is 1.62 bits per heavy atom. The lowest BCUT2D eigenvalue weighted by molar-refractivity contribution is 0.160. The number of carbonyl (C=O) groups is 1. The smallest absolute Gasteiger partial charge is 0.407 e. The Balaban J connectivity index is 2.29. The first kappa shape index (κ1) is 10.3. The van der Waals surface area contributed by atoms with Gasteiger partial charge < -0.3 is 15.8 Å². The quantitative estimate of drug-likeness (QED) is 0.672. The van der Waals surface area contributed by atoms with E-state index in [9.17, 15) is 4.79 Å². The molecule has 0 aromatic rings. The van der Waals surface area contributed by atoms with Crippen molar-refractivity contribution in [3.05, 3.63) is 0 Å². The van der Waals surface area contributed by atoms with Crippen molar-refractivity contribution in [2.75, 3.05) is 13.7 Å². The Kier molecular flexibility index (Phi) is 4.02. The summed E-state index contributed by atoms with van der Waals surface area (Å²) in [6.45, 7) is 0.722. The van der Waals surface area contributed by atoms with E-state index in [0.29, 0.717) is 5.92 Å². The van der Waals surface area contributed by atoms with Gasteiger partial charge >= 0.3 is 6.09 Å². The molecule has 2 unspecified atom stereocenters. The monoisotopic (exact) mass is 186 g/mol. The first-order valence-electron chi connectivity index (χ1n) is 4.80. The maximum Gasteiger partial charge on any atom is 0.407 e. The highest BCUT2D eigenvalue weighted by Gasteiger charge is 2.22. The number of methoxy groups -OCH3 is 1. The summed E-state index contributed by atoms with van der Waals surface area (Å²) < 4.78 is 4.54. The number of carbonyl (C=O) groups excluding carboxylic acids is 1. The zero-order chi connectivity index (χ0) is 9.68. The highest BCUT2D eigenvalue weighted by molar-refractivity contribution is 5.67. The second-order valence-corrected chi connectivity index (χ2v) is 3.60. The van der Waals surface area contributed by atoms with Crippen LogP contribution in [0.25, 0.3) is 0 Å². The van der Waals surface area contributed by atoms with Crippen LogP contribution in [0.1, 0.15) is 25.7 Å². The number of hydrogen-bond acceptors (Lipinski definition) is 3. The highest BCUT2D eigenvalue weighted by Crippen LogP contribution is 2.23. The molecule has 76 valence electrons. The molecule has 1 aliphatic carbocycles. The summed E-state index contributed by atoms with van der Waals surface area (Å²) in [7, 11) is 1.39. The van der Waals surface area contributed by atoms with Gasteiger partial charge in [-0.3, -0.25) is 0 Å². The molecule has 0 heterocycles. The molecule has 2 atom stereocenters. The largest absolute Gasteiger partial charge is 0.453 e. The lowest BCUT2D eigenvalue weighted by Crippen LogP contribution is -2.39. The van der Waals surface area contributed by atoms with Gasteiger partial charge in [-0.15, -0.1) is 0 Å². The maximum absolute atomic E-state index is 10.9. The van der Waals surface area contributed by atoms with Gasteiger partial charge in [0.05, 0.1) is 7.11 Å². The van der Waals surface area contributed by atoms with E-state index in [2.05, 4.69) is 10.1 Å². The second-order valence-electron chi connectivity index (χ2n) is 3.60. The van der Waals surface area contributed by atoms with Crippen LogP contribution < -0.4 is 11.1 Å². The van der Waals surface area contributed by atoms with Crippen molar-refractivity contribution in [3.8, 4) is 0 Å². The maximum atomic E-state index is 10.9. The number of alkyl carbamates (subject to hydrolysis) is 1. The molecule has 1 saturated carbocycles. The van der Waals surface area contributed by atoms with E-state index in [4.69, 9.17) is 5.73 Å². The van der Waals surface area contributed by atoms with E-state index in [0.717, 1.165) is 25.8 Å². The normalized spacial score (nSPS) is 28.2. The average molecular weight is 186 g/mol. The highest BCUT2D eigenvalue weighted by atomic mass is 16.5. The first-order chi connectivity index (χ1) is 6.26. The van der Waals surface area contributed by atoms with Gasteiger partial charge in [0.25, 0.3) is 0 Å². The molecule has 1 aliphatic rings. The summed E-state index contributed by atoms with van der Waals surface area (Å²) in [6.07, 6.45) is 4.05. The van der Waals surface area contributed by atoms with Gasteiger partial charge in [-0.1, -0.05) is 6.42 Å². The number of hydrogen-bond donors (Lipinski definition) is 2. The molecule has 0 radical (unpaired) electrons. The van der Waals surface area contributed by atoms with Gasteiger partial charge in [0.15, 0.2) is 0 Å². The van der Waals surface area contributed by atoms with Gasteiger partial charge in [-0.05, 0) is 31.7 Å². The van der Waals surface area contributed by atoms with Crippen LogP contribution in [0.3, 0.4) is 0 Å². The standard InChI is InChI=1S/C9H18N2O2/c1-13-9(12)11-8-4-2-3-7(5-8)6-10/h7-8H,2-6,10H2,1H3,(H,11,12). The topological polar surface area (TPSA) is 64.3 Å². The van der Waals surface area contributed by atoms with Crippen LogP contribution in [0, 0.1) is 5.92 Å². The van der Waals surface area contributed by atoms with E-state index in [1.54, 1.807) is 0 Å². The number of ether oxygens (including phenoxy) is 1. The Bertz CT molecular complexity index is 173. The van der Waals surface area contributed by atoms with E-state index < -0.39 is 0 Å². The number of rotatable bonds is 2. The predicted molar refractivity (Wildman–Crippen MR) is 50.3 cm³/mol. The minimum absolute atomic E-state index is 0.259. The fraction of sp³-hybridized carbons (Fsp3) is 0.889. The molecule has 0 spiro atoms. The molecular weight excluding hydrogens is 168 g/mol. The van der Waals surface area contributed by atoms with Crippen molar-refractivity contribution >= 4 is 6.09 Å². The molecule has 4 nitrogen and oxygen atoms in total. The summed E-state index contributed by atoms with van der Waals surface area (Å²) in [6, 6.07) is 0.259. The van der Waals surface area contributed by atoms with Crippen molar-refractivity contribution in [2.24, 2.45) is 11.7 Å². The summed E-state index contributed by atoms with van der Waals surface area (Å²) in [5.74, 6) is 0.566. The van der Waals surface area contributed by atoms with Gasteiger partial charge in [0.1, 0.15) is 0 Å². The molecule has 0 aliphatic heterocycles. The van der Waals surface area contributed by atoms with Gasteiger partial charge in [0.2, 0.25) is 0 Å². The predicted octanol–water partition coefficient (Wildman–Crippen LogP) is 0.860. The molecule has 3 N–H and O–H groups in total. The molecule has 1 amide bonds. The number of nitrogens with one attached hydrogen (secondary N) is 1. The fourth-order valence-electron chi connectivity index (χ4n) is 1.86. The van der Waals surface area contributed by atoms with Gasteiger partial charge in [-0.2, -0.15) is 0 Å². The first-order valence-corrected chi connectivity index (χ1v) is 4.80. The fourth-order valence-corrected chi connectivity index (χ4v) is 1.86. The van der Waals surface area contributed by atoms with Crippen LogP contribution in [-0.4, -0.2) is 25.8 Å². The van der Waals surface area contributed by atoms with Crippen LogP contribution in [0.4, 0.5) is 4.79 Å². The van der Waals surface area contributed by atoms with E-state index in [-0.39, 0.29) is 12.1 Å². The van der Waals surface area contributed by atoms with Crippen molar-refractivity contribution in [1.82, 2.24) is 5.32 Å². The number of amides is 1. The molecule has 0 aromatic heterocycles. The minimum atomic E-state index is -0.331. The molecule has 1 rings (SSSR count). The third-order valence-corrected chi connectivity index (χ3v) is 2.62. The molecule has 13 heavy (non-hydrogen) atoms. The van der Waals surface area contributed by atoms with E-state index >= 15 is 0 Å². The van der Waals surface area contributed by atoms with Crippen LogP contribution in [-0.2, 0) is 4.74 Å². The van der Waals surface area contributed by atoms with Crippen molar-refractivity contribution in [3.63, 3.8) is 0 Å². The van der Waals surface area contributed by atoms with E-state index in [1.165, 1.54) is 13.5 Å². The third kappa shape index (κ3) is 3.22. The summed E-state index contributed by atoms with van der Waals surface area (Å²) >= 11 is 0. The molecule has 4 heteroatoms. The molecular formula is C9H18N2O2. The SMILES string of the molecule is COC(=O)NC1CCCC(CN)C1. The summed E-state index contributed by atoms with van der Waals surface area (Å²) in [5.41, 5.74) is 5.58. The molecule has 0 bridgehead atoms. The molecule has 0 aromatic carbocycles. The Morgan fingerprint density at radius 2 is 2.38 bits per heavy atom. The average Bonchev–Trinajstić information content (AvgIpc) is 2.18. The lowest BCUT2D eigenvalue weighted by atomic mass is 9.86. The second kappa shape index (κ2) is 5.07. The minimum Gasteiger partial charge on any atom is -0.453 e. The van der Waals surface area contributed by atoms with E-state index in [1.807, 2.05) is 0 Å². The zero-order valence-electron chi connectivity index (χ0n) is 8.08. The third-order valence-electron chi connectivity index (χ3n) is 2.62. The van der Waals surface area contributed by atoms with Crippen molar-refractivity contribution in [1.29, 1.82) is 0 Å².